The Morgan fingerprint density at radius 2 is 2.46 bits per heavy atom. The topological polar surface area (TPSA) is 44.9 Å². The van der Waals surface area contributed by atoms with Crippen molar-refractivity contribution in [1.29, 1.82) is 5.26 Å². The summed E-state index contributed by atoms with van der Waals surface area (Å²) in [6, 6.07) is 2.14. The molecule has 13 heavy (non-hydrogen) atoms. The molecule has 1 aromatic heterocycles. The minimum atomic E-state index is 0.478. The van der Waals surface area contributed by atoms with E-state index in [1.807, 2.05) is 26.4 Å². The Morgan fingerprint density at radius 1 is 1.69 bits per heavy atom. The highest BCUT2D eigenvalue weighted by atomic mass is 15.2. The van der Waals surface area contributed by atoms with Gasteiger partial charge in [-0.2, -0.15) is 10.4 Å². The van der Waals surface area contributed by atoms with E-state index in [0.29, 0.717) is 6.54 Å². The van der Waals surface area contributed by atoms with E-state index < -0.39 is 0 Å². The molecule has 0 saturated heterocycles. The van der Waals surface area contributed by atoms with Crippen molar-refractivity contribution in [2.75, 3.05) is 13.1 Å². The summed E-state index contributed by atoms with van der Waals surface area (Å²) in [4.78, 5) is 2.07. The standard InChI is InChI=1S/C9H14N4/c1-3-13(5-4-10)8-9-6-11-12(2)7-9/h6-7H,3,5,8H2,1-2H3. The molecule has 70 valence electrons. The van der Waals surface area contributed by atoms with E-state index in [-0.39, 0.29) is 0 Å². The lowest BCUT2D eigenvalue weighted by Crippen LogP contribution is -2.22. The average Bonchev–Trinajstić information content (AvgIpc) is 2.50. The molecule has 0 bridgehead atoms. The molecule has 0 aliphatic rings. The van der Waals surface area contributed by atoms with Crippen LogP contribution in [-0.4, -0.2) is 27.8 Å². The Kier molecular flexibility index (Phi) is 3.47. The summed E-state index contributed by atoms with van der Waals surface area (Å²) in [5.74, 6) is 0. The first-order valence-electron chi connectivity index (χ1n) is 4.33. The third-order valence-corrected chi connectivity index (χ3v) is 1.91. The number of nitrogens with zero attached hydrogens (tertiary/aromatic N) is 4. The second kappa shape index (κ2) is 4.63. The van der Waals surface area contributed by atoms with Crippen molar-refractivity contribution in [1.82, 2.24) is 14.7 Å². The second-order valence-electron chi connectivity index (χ2n) is 2.98. The van der Waals surface area contributed by atoms with E-state index in [9.17, 15) is 0 Å². The fourth-order valence-corrected chi connectivity index (χ4v) is 1.19. The summed E-state index contributed by atoms with van der Waals surface area (Å²) in [7, 11) is 1.89. The Labute approximate surface area is 78.4 Å². The lowest BCUT2D eigenvalue weighted by molar-refractivity contribution is 0.314. The first kappa shape index (κ1) is 9.75. The quantitative estimate of drug-likeness (QED) is 0.639. The third kappa shape index (κ3) is 2.88. The maximum absolute atomic E-state index is 8.54. The van der Waals surface area contributed by atoms with Crippen molar-refractivity contribution in [2.45, 2.75) is 13.5 Å². The molecule has 0 radical (unpaired) electrons. The van der Waals surface area contributed by atoms with Gasteiger partial charge in [-0.25, -0.2) is 0 Å². The summed E-state index contributed by atoms with van der Waals surface area (Å²) in [6.45, 7) is 4.22. The molecule has 0 fully saturated rings. The molecular weight excluding hydrogens is 164 g/mol. The van der Waals surface area contributed by atoms with Crippen molar-refractivity contribution in [3.05, 3.63) is 18.0 Å². The number of aromatic nitrogens is 2. The van der Waals surface area contributed by atoms with Gasteiger partial charge in [-0.05, 0) is 6.54 Å². The lowest BCUT2D eigenvalue weighted by atomic mass is 10.3. The predicted molar refractivity (Wildman–Crippen MR) is 49.8 cm³/mol. The molecule has 0 amide bonds. The molecule has 1 rings (SSSR count). The highest BCUT2D eigenvalue weighted by Gasteiger charge is 2.03. The van der Waals surface area contributed by atoms with Gasteiger partial charge in [-0.15, -0.1) is 0 Å². The maximum Gasteiger partial charge on any atom is 0.0868 e. The molecule has 1 aromatic rings. The highest BCUT2D eigenvalue weighted by molar-refractivity contribution is 5.03. The van der Waals surface area contributed by atoms with Gasteiger partial charge in [0.15, 0.2) is 0 Å². The fourth-order valence-electron chi connectivity index (χ4n) is 1.19. The molecule has 0 aliphatic heterocycles. The van der Waals surface area contributed by atoms with Crippen molar-refractivity contribution in [3.8, 4) is 6.07 Å². The molecular formula is C9H14N4. The van der Waals surface area contributed by atoms with E-state index in [1.54, 1.807) is 4.68 Å². The Hall–Kier alpha value is -1.34. The van der Waals surface area contributed by atoms with Crippen LogP contribution in [0.5, 0.6) is 0 Å². The minimum absolute atomic E-state index is 0.478. The van der Waals surface area contributed by atoms with E-state index in [4.69, 9.17) is 5.26 Å². The van der Waals surface area contributed by atoms with Gasteiger partial charge in [0.05, 0.1) is 18.8 Å². The van der Waals surface area contributed by atoms with Crippen molar-refractivity contribution in [2.24, 2.45) is 7.05 Å². The van der Waals surface area contributed by atoms with Crippen LogP contribution in [0.15, 0.2) is 12.4 Å². The zero-order valence-corrected chi connectivity index (χ0v) is 8.06. The Balaban J connectivity index is 2.52. The van der Waals surface area contributed by atoms with Crippen molar-refractivity contribution in [3.63, 3.8) is 0 Å². The number of aryl methyl sites for hydroxylation is 1. The molecule has 0 aliphatic carbocycles. The third-order valence-electron chi connectivity index (χ3n) is 1.91. The van der Waals surface area contributed by atoms with Gasteiger partial charge in [-0.3, -0.25) is 9.58 Å². The van der Waals surface area contributed by atoms with Gasteiger partial charge in [0, 0.05) is 25.4 Å². The molecule has 0 aromatic carbocycles. The molecule has 1 heterocycles. The van der Waals surface area contributed by atoms with Gasteiger partial charge in [0.25, 0.3) is 0 Å². The van der Waals surface area contributed by atoms with E-state index >= 15 is 0 Å². The monoisotopic (exact) mass is 178 g/mol. The zero-order chi connectivity index (χ0) is 9.68. The fraction of sp³-hybridized carbons (Fsp3) is 0.556. The Morgan fingerprint density at radius 3 is 2.92 bits per heavy atom. The van der Waals surface area contributed by atoms with Crippen LogP contribution in [0.25, 0.3) is 0 Å². The largest absolute Gasteiger partial charge is 0.286 e. The summed E-state index contributed by atoms with van der Waals surface area (Å²) < 4.78 is 1.77. The molecule has 0 N–H and O–H groups in total. The first-order chi connectivity index (χ1) is 6.26. The van der Waals surface area contributed by atoms with Crippen LogP contribution in [0.3, 0.4) is 0 Å². The van der Waals surface area contributed by atoms with E-state index in [0.717, 1.165) is 18.7 Å². The number of nitriles is 1. The van der Waals surface area contributed by atoms with Crippen molar-refractivity contribution < 1.29 is 0 Å². The van der Waals surface area contributed by atoms with Crippen LogP contribution in [0.1, 0.15) is 12.5 Å². The summed E-state index contributed by atoms with van der Waals surface area (Å²) >= 11 is 0. The van der Waals surface area contributed by atoms with Crippen molar-refractivity contribution >= 4 is 0 Å². The summed E-state index contributed by atoms with van der Waals surface area (Å²) in [5, 5.41) is 12.6. The first-order valence-corrected chi connectivity index (χ1v) is 4.33. The van der Waals surface area contributed by atoms with Crippen LogP contribution >= 0.6 is 0 Å². The van der Waals surface area contributed by atoms with Crippen LogP contribution in [0.2, 0.25) is 0 Å². The second-order valence-corrected chi connectivity index (χ2v) is 2.98. The zero-order valence-electron chi connectivity index (χ0n) is 8.06. The molecule has 0 spiro atoms. The van der Waals surface area contributed by atoms with Crippen LogP contribution in [0.4, 0.5) is 0 Å². The molecule has 0 unspecified atom stereocenters. The smallest absolute Gasteiger partial charge is 0.0868 e. The predicted octanol–water partition coefficient (Wildman–Crippen LogP) is 0.766. The van der Waals surface area contributed by atoms with Gasteiger partial charge in [0.1, 0.15) is 0 Å². The number of hydrogen-bond acceptors (Lipinski definition) is 3. The molecule has 0 saturated carbocycles. The number of rotatable bonds is 4. The van der Waals surface area contributed by atoms with Gasteiger partial charge in [-0.1, -0.05) is 6.92 Å². The van der Waals surface area contributed by atoms with Crippen LogP contribution in [0, 0.1) is 11.3 Å². The summed E-state index contributed by atoms with van der Waals surface area (Å²) in [6.07, 6.45) is 3.81. The van der Waals surface area contributed by atoms with E-state index in [2.05, 4.69) is 16.1 Å². The van der Waals surface area contributed by atoms with Gasteiger partial charge >= 0.3 is 0 Å². The van der Waals surface area contributed by atoms with Crippen LogP contribution < -0.4 is 0 Å². The molecule has 0 atom stereocenters. The van der Waals surface area contributed by atoms with Gasteiger partial charge in [0.2, 0.25) is 0 Å². The number of hydrogen-bond donors (Lipinski definition) is 0. The molecule has 4 heteroatoms. The molecule has 4 nitrogen and oxygen atoms in total. The minimum Gasteiger partial charge on any atom is -0.286 e. The lowest BCUT2D eigenvalue weighted by Gasteiger charge is -2.14. The normalized spacial score (nSPS) is 10.3. The summed E-state index contributed by atoms with van der Waals surface area (Å²) in [5.41, 5.74) is 1.15. The highest BCUT2D eigenvalue weighted by Crippen LogP contribution is 2.01. The van der Waals surface area contributed by atoms with Gasteiger partial charge < -0.3 is 0 Å². The maximum atomic E-state index is 8.54. The van der Waals surface area contributed by atoms with E-state index in [1.165, 1.54) is 0 Å². The SMILES string of the molecule is CCN(CC#N)Cc1cnn(C)c1. The average molecular weight is 178 g/mol. The Bertz CT molecular complexity index is 297. The van der Waals surface area contributed by atoms with Crippen LogP contribution in [-0.2, 0) is 13.6 Å².